The first kappa shape index (κ1) is 17.5. The van der Waals surface area contributed by atoms with E-state index in [0.717, 1.165) is 5.56 Å². The van der Waals surface area contributed by atoms with Crippen LogP contribution in [0.1, 0.15) is 29.2 Å². The highest BCUT2D eigenvalue weighted by molar-refractivity contribution is 5.84. The van der Waals surface area contributed by atoms with Crippen LogP contribution in [0.3, 0.4) is 0 Å². The minimum Gasteiger partial charge on any atom is -0.493 e. The van der Waals surface area contributed by atoms with E-state index in [1.54, 1.807) is 30.3 Å². The molecule has 0 heterocycles. The number of carboxylic acids is 1. The van der Waals surface area contributed by atoms with Crippen LogP contribution in [0, 0.1) is 13.8 Å². The highest BCUT2D eigenvalue weighted by Crippen LogP contribution is 2.17. The number of hydrogen-bond acceptors (Lipinski definition) is 3. The van der Waals surface area contributed by atoms with Crippen LogP contribution in [-0.2, 0) is 9.59 Å². The van der Waals surface area contributed by atoms with E-state index >= 15 is 0 Å². The van der Waals surface area contributed by atoms with Gasteiger partial charge in [0.15, 0.2) is 6.04 Å². The van der Waals surface area contributed by atoms with Crippen LogP contribution in [0.2, 0.25) is 0 Å². The highest BCUT2D eigenvalue weighted by atomic mass is 16.5. The van der Waals surface area contributed by atoms with E-state index in [-0.39, 0.29) is 18.9 Å². The number of amides is 1. The predicted molar refractivity (Wildman–Crippen MR) is 91.0 cm³/mol. The Hall–Kier alpha value is -2.82. The van der Waals surface area contributed by atoms with Gasteiger partial charge in [-0.2, -0.15) is 0 Å². The Morgan fingerprint density at radius 2 is 1.79 bits per heavy atom. The van der Waals surface area contributed by atoms with E-state index in [1.165, 1.54) is 5.56 Å². The third-order valence-corrected chi connectivity index (χ3v) is 3.76. The fraction of sp³-hybridized carbons (Fsp3) is 0.263. The van der Waals surface area contributed by atoms with E-state index in [0.29, 0.717) is 11.3 Å². The Labute approximate surface area is 141 Å². The van der Waals surface area contributed by atoms with Gasteiger partial charge >= 0.3 is 5.97 Å². The maximum absolute atomic E-state index is 12.0. The SMILES string of the molecule is Cc1ccc(OCCC(=O)N[C@@H](C(=O)O)c2ccccc2)cc1C. The van der Waals surface area contributed by atoms with Gasteiger partial charge < -0.3 is 15.2 Å². The van der Waals surface area contributed by atoms with E-state index in [4.69, 9.17) is 4.74 Å². The number of aryl methyl sites for hydroxylation is 2. The van der Waals surface area contributed by atoms with Gasteiger partial charge in [0.1, 0.15) is 5.75 Å². The average molecular weight is 327 g/mol. The third kappa shape index (κ3) is 4.84. The molecule has 0 saturated heterocycles. The molecule has 2 aromatic carbocycles. The molecule has 5 heteroatoms. The molecular weight excluding hydrogens is 306 g/mol. The number of rotatable bonds is 7. The summed E-state index contributed by atoms with van der Waals surface area (Å²) in [7, 11) is 0. The molecule has 2 aromatic rings. The number of hydrogen-bond donors (Lipinski definition) is 2. The number of nitrogens with one attached hydrogen (secondary N) is 1. The Morgan fingerprint density at radius 1 is 1.08 bits per heavy atom. The summed E-state index contributed by atoms with van der Waals surface area (Å²) in [5, 5.41) is 11.8. The predicted octanol–water partition coefficient (Wildman–Crippen LogP) is 3.01. The van der Waals surface area contributed by atoms with Crippen LogP contribution in [0.4, 0.5) is 0 Å². The highest BCUT2D eigenvalue weighted by Gasteiger charge is 2.21. The van der Waals surface area contributed by atoms with Gasteiger partial charge in [-0.15, -0.1) is 0 Å². The molecule has 126 valence electrons. The molecule has 0 unspecified atom stereocenters. The summed E-state index contributed by atoms with van der Waals surface area (Å²) in [4.78, 5) is 23.3. The second-order valence-corrected chi connectivity index (χ2v) is 5.59. The largest absolute Gasteiger partial charge is 0.493 e. The second-order valence-electron chi connectivity index (χ2n) is 5.59. The molecule has 1 amide bonds. The van der Waals surface area contributed by atoms with Crippen molar-refractivity contribution in [3.8, 4) is 5.75 Å². The molecule has 2 N–H and O–H groups in total. The summed E-state index contributed by atoms with van der Waals surface area (Å²) < 4.78 is 5.55. The lowest BCUT2D eigenvalue weighted by atomic mass is 10.1. The number of carbonyl (C=O) groups is 2. The molecule has 0 saturated carbocycles. The number of carbonyl (C=O) groups excluding carboxylic acids is 1. The van der Waals surface area contributed by atoms with Crippen molar-refractivity contribution in [3.05, 3.63) is 65.2 Å². The fourth-order valence-electron chi connectivity index (χ4n) is 2.23. The van der Waals surface area contributed by atoms with Gasteiger partial charge in [-0.25, -0.2) is 4.79 Å². The molecule has 2 rings (SSSR count). The molecular formula is C19H21NO4. The maximum Gasteiger partial charge on any atom is 0.330 e. The summed E-state index contributed by atoms with van der Waals surface area (Å²) in [6.07, 6.45) is 0.0868. The van der Waals surface area contributed by atoms with Crippen LogP contribution in [0.15, 0.2) is 48.5 Å². The van der Waals surface area contributed by atoms with E-state index < -0.39 is 12.0 Å². The first-order valence-corrected chi connectivity index (χ1v) is 7.74. The minimum absolute atomic E-state index is 0.0868. The van der Waals surface area contributed by atoms with Crippen LogP contribution >= 0.6 is 0 Å². The lowest BCUT2D eigenvalue weighted by Crippen LogP contribution is -2.34. The van der Waals surface area contributed by atoms with Gasteiger partial charge in [-0.1, -0.05) is 36.4 Å². The Morgan fingerprint density at radius 3 is 2.42 bits per heavy atom. The number of carboxylic acid groups (broad SMARTS) is 1. The number of benzene rings is 2. The van der Waals surface area contributed by atoms with Gasteiger partial charge in [-0.05, 0) is 42.7 Å². The standard InChI is InChI=1S/C19H21NO4/c1-13-8-9-16(12-14(13)2)24-11-10-17(21)20-18(19(22)23)15-6-4-3-5-7-15/h3-9,12,18H,10-11H2,1-2H3,(H,20,21)(H,22,23)/t18-/m1/s1. The van der Waals surface area contributed by atoms with Crippen molar-refractivity contribution in [1.82, 2.24) is 5.32 Å². The molecule has 0 bridgehead atoms. The van der Waals surface area contributed by atoms with Crippen molar-refractivity contribution in [2.45, 2.75) is 26.3 Å². The second kappa shape index (κ2) is 8.15. The number of aliphatic carboxylic acids is 1. The molecule has 5 nitrogen and oxygen atoms in total. The molecule has 1 atom stereocenters. The van der Waals surface area contributed by atoms with Crippen molar-refractivity contribution >= 4 is 11.9 Å². The maximum atomic E-state index is 12.0. The van der Waals surface area contributed by atoms with E-state index in [2.05, 4.69) is 5.32 Å². The topological polar surface area (TPSA) is 75.6 Å². The summed E-state index contributed by atoms with van der Waals surface area (Å²) in [6.45, 7) is 4.20. The zero-order valence-electron chi connectivity index (χ0n) is 13.8. The first-order chi connectivity index (χ1) is 11.5. The minimum atomic E-state index is -1.09. The van der Waals surface area contributed by atoms with Crippen LogP contribution in [-0.4, -0.2) is 23.6 Å². The molecule has 0 aliphatic carbocycles. The molecule has 24 heavy (non-hydrogen) atoms. The lowest BCUT2D eigenvalue weighted by molar-refractivity contribution is -0.142. The summed E-state index contributed by atoms with van der Waals surface area (Å²) >= 11 is 0. The molecule has 0 aliphatic heterocycles. The van der Waals surface area contributed by atoms with Crippen molar-refractivity contribution in [2.75, 3.05) is 6.61 Å². The van der Waals surface area contributed by atoms with Gasteiger partial charge in [0.2, 0.25) is 5.91 Å². The van der Waals surface area contributed by atoms with Crippen LogP contribution < -0.4 is 10.1 Å². The fourth-order valence-corrected chi connectivity index (χ4v) is 2.23. The van der Waals surface area contributed by atoms with Gasteiger partial charge in [0, 0.05) is 0 Å². The molecule has 0 radical (unpaired) electrons. The van der Waals surface area contributed by atoms with Crippen LogP contribution in [0.25, 0.3) is 0 Å². The summed E-state index contributed by atoms with van der Waals surface area (Å²) in [6, 6.07) is 13.3. The molecule has 0 aliphatic rings. The third-order valence-electron chi connectivity index (χ3n) is 3.76. The Balaban J connectivity index is 1.87. The number of ether oxygens (including phenoxy) is 1. The van der Waals surface area contributed by atoms with Gasteiger partial charge in [0.25, 0.3) is 0 Å². The van der Waals surface area contributed by atoms with E-state index in [9.17, 15) is 14.7 Å². The monoisotopic (exact) mass is 327 g/mol. The Bertz CT molecular complexity index is 713. The van der Waals surface area contributed by atoms with Crippen molar-refractivity contribution < 1.29 is 19.4 Å². The smallest absolute Gasteiger partial charge is 0.330 e. The quantitative estimate of drug-likeness (QED) is 0.819. The summed E-state index contributed by atoms with van der Waals surface area (Å²) in [5.74, 6) is -0.761. The van der Waals surface area contributed by atoms with Crippen LogP contribution in [0.5, 0.6) is 5.75 Å². The van der Waals surface area contributed by atoms with Crippen molar-refractivity contribution in [2.24, 2.45) is 0 Å². The van der Waals surface area contributed by atoms with Gasteiger partial charge in [0.05, 0.1) is 13.0 Å². The zero-order valence-corrected chi connectivity index (χ0v) is 13.8. The van der Waals surface area contributed by atoms with Crippen molar-refractivity contribution in [1.29, 1.82) is 0 Å². The Kier molecular flexibility index (Phi) is 5.95. The molecule has 0 aromatic heterocycles. The molecule has 0 fully saturated rings. The van der Waals surface area contributed by atoms with Crippen molar-refractivity contribution in [3.63, 3.8) is 0 Å². The zero-order chi connectivity index (χ0) is 17.5. The van der Waals surface area contributed by atoms with E-state index in [1.807, 2.05) is 32.0 Å². The van der Waals surface area contributed by atoms with Gasteiger partial charge in [-0.3, -0.25) is 4.79 Å². The summed E-state index contributed by atoms with van der Waals surface area (Å²) in [5.41, 5.74) is 2.83. The first-order valence-electron chi connectivity index (χ1n) is 7.74. The normalized spacial score (nSPS) is 11.6. The lowest BCUT2D eigenvalue weighted by Gasteiger charge is -2.15. The molecule has 0 spiro atoms. The average Bonchev–Trinajstić information content (AvgIpc) is 2.56.